The Hall–Kier alpha value is -3.00. The molecule has 0 saturated carbocycles. The molecule has 33 heavy (non-hydrogen) atoms. The van der Waals surface area contributed by atoms with Gasteiger partial charge in [0.1, 0.15) is 0 Å². The maximum atomic E-state index is 12.6. The molecule has 3 aromatic rings. The first-order valence-corrected chi connectivity index (χ1v) is 13.2. The van der Waals surface area contributed by atoms with Gasteiger partial charge in [-0.2, -0.15) is 9.40 Å². The summed E-state index contributed by atoms with van der Waals surface area (Å²) in [6.45, 7) is 1.13. The monoisotopic (exact) mass is 493 g/mol. The molecular weight excluding hydrogens is 470 g/mol. The molecule has 1 aliphatic rings. The Morgan fingerprint density at radius 2 is 1.76 bits per heavy atom. The highest BCUT2D eigenvalue weighted by Gasteiger charge is 2.26. The number of ether oxygens (including phenoxy) is 1. The van der Waals surface area contributed by atoms with Crippen LogP contribution in [0.25, 0.3) is 5.52 Å². The van der Waals surface area contributed by atoms with Gasteiger partial charge in [-0.3, -0.25) is 9.52 Å². The van der Waals surface area contributed by atoms with E-state index in [1.54, 1.807) is 35.1 Å². The Balaban J connectivity index is 1.31. The molecule has 1 aliphatic heterocycles. The summed E-state index contributed by atoms with van der Waals surface area (Å²) in [6, 6.07) is 10.5. The first-order valence-electron chi connectivity index (χ1n) is 10.1. The number of hydrogen-bond acceptors (Lipinski definition) is 7. The lowest BCUT2D eigenvalue weighted by Crippen LogP contribution is -2.40. The lowest BCUT2D eigenvalue weighted by Gasteiger charge is -2.26. The largest absolute Gasteiger partial charge is 0.379 e. The third-order valence-electron chi connectivity index (χ3n) is 5.05. The molecule has 0 aliphatic carbocycles. The predicted octanol–water partition coefficient (Wildman–Crippen LogP) is 0.527. The molecule has 4 rings (SSSR count). The number of benzene rings is 1. The summed E-state index contributed by atoms with van der Waals surface area (Å²) >= 11 is 0. The fourth-order valence-corrected chi connectivity index (χ4v) is 5.70. The number of carbonyl (C=O) groups excluding carboxylic acids is 1. The van der Waals surface area contributed by atoms with E-state index in [1.807, 2.05) is 0 Å². The van der Waals surface area contributed by atoms with E-state index in [1.165, 1.54) is 28.6 Å². The second-order valence-electron chi connectivity index (χ2n) is 7.33. The summed E-state index contributed by atoms with van der Waals surface area (Å²) in [4.78, 5) is 12.4. The van der Waals surface area contributed by atoms with Gasteiger partial charge in [0.2, 0.25) is 20.0 Å². The number of hydrogen-bond donors (Lipinski definition) is 2. The van der Waals surface area contributed by atoms with Crippen molar-refractivity contribution in [1.29, 1.82) is 0 Å². The predicted molar refractivity (Wildman–Crippen MR) is 121 cm³/mol. The highest BCUT2D eigenvalue weighted by Crippen LogP contribution is 2.18. The maximum Gasteiger partial charge on any atom is 0.251 e. The third kappa shape index (κ3) is 5.50. The molecule has 13 heteroatoms. The third-order valence-corrected chi connectivity index (χ3v) is 8.25. The summed E-state index contributed by atoms with van der Waals surface area (Å²) < 4.78 is 60.6. The van der Waals surface area contributed by atoms with E-state index in [-0.39, 0.29) is 35.8 Å². The van der Waals surface area contributed by atoms with Crippen LogP contribution in [0.2, 0.25) is 0 Å². The van der Waals surface area contributed by atoms with Crippen molar-refractivity contribution in [2.45, 2.75) is 4.90 Å². The number of amides is 1. The van der Waals surface area contributed by atoms with E-state index in [9.17, 15) is 21.6 Å². The lowest BCUT2D eigenvalue weighted by atomic mass is 10.2. The fraction of sp³-hybridized carbons (Fsp3) is 0.300. The number of morpholine rings is 1. The zero-order valence-electron chi connectivity index (χ0n) is 17.5. The van der Waals surface area contributed by atoms with Crippen LogP contribution in [0.1, 0.15) is 10.4 Å². The van der Waals surface area contributed by atoms with Gasteiger partial charge < -0.3 is 10.1 Å². The van der Waals surface area contributed by atoms with Gasteiger partial charge in [0.25, 0.3) is 5.91 Å². The topological polar surface area (TPSA) is 139 Å². The van der Waals surface area contributed by atoms with Crippen LogP contribution in [-0.4, -0.2) is 75.3 Å². The van der Waals surface area contributed by atoms with Gasteiger partial charge in [0.05, 0.1) is 35.1 Å². The molecule has 0 radical (unpaired) electrons. The molecule has 11 nitrogen and oxygen atoms in total. The van der Waals surface area contributed by atoms with Gasteiger partial charge >= 0.3 is 0 Å². The zero-order valence-corrected chi connectivity index (χ0v) is 19.2. The van der Waals surface area contributed by atoms with Gasteiger partial charge in [0.15, 0.2) is 0 Å². The van der Waals surface area contributed by atoms with Crippen molar-refractivity contribution in [3.63, 3.8) is 0 Å². The Labute approximate surface area is 191 Å². The fourth-order valence-electron chi connectivity index (χ4n) is 3.33. The Morgan fingerprint density at radius 1 is 1.03 bits per heavy atom. The molecular formula is C20H23N5O6S2. The molecule has 1 saturated heterocycles. The molecule has 2 aromatic heterocycles. The Bertz CT molecular complexity index is 1350. The van der Waals surface area contributed by atoms with Crippen molar-refractivity contribution in [2.75, 3.05) is 43.3 Å². The second kappa shape index (κ2) is 9.47. The molecule has 0 atom stereocenters. The molecule has 2 N–H and O–H groups in total. The highest BCUT2D eigenvalue weighted by atomic mass is 32.2. The number of sulfonamides is 2. The van der Waals surface area contributed by atoms with Crippen LogP contribution in [0, 0.1) is 0 Å². The molecule has 0 spiro atoms. The number of fused-ring (bicyclic) bond motifs is 1. The summed E-state index contributed by atoms with van der Waals surface area (Å²) in [5.41, 5.74) is 1.36. The minimum atomic E-state index is -3.69. The molecule has 1 aromatic carbocycles. The van der Waals surface area contributed by atoms with Crippen molar-refractivity contribution in [3.05, 3.63) is 60.4 Å². The van der Waals surface area contributed by atoms with Crippen LogP contribution >= 0.6 is 0 Å². The summed E-state index contributed by atoms with van der Waals surface area (Å²) in [7, 11) is -7.34. The van der Waals surface area contributed by atoms with Crippen LogP contribution in [0.15, 0.2) is 59.8 Å². The maximum absolute atomic E-state index is 12.6. The van der Waals surface area contributed by atoms with E-state index >= 15 is 0 Å². The van der Waals surface area contributed by atoms with Crippen molar-refractivity contribution in [1.82, 2.24) is 19.2 Å². The minimum absolute atomic E-state index is 0.0860. The number of nitrogens with zero attached hydrogens (tertiary/aromatic N) is 3. The molecule has 1 amide bonds. The van der Waals surface area contributed by atoms with E-state index in [4.69, 9.17) is 4.74 Å². The molecule has 3 heterocycles. The number of carbonyl (C=O) groups is 1. The first-order chi connectivity index (χ1) is 15.7. The average molecular weight is 494 g/mol. The lowest BCUT2D eigenvalue weighted by molar-refractivity contribution is 0.0730. The van der Waals surface area contributed by atoms with E-state index in [2.05, 4.69) is 15.1 Å². The van der Waals surface area contributed by atoms with Crippen LogP contribution < -0.4 is 10.0 Å². The second-order valence-corrected chi connectivity index (χ2v) is 11.1. The van der Waals surface area contributed by atoms with Crippen LogP contribution in [-0.2, 0) is 24.8 Å². The van der Waals surface area contributed by atoms with Gasteiger partial charge in [-0.05, 0) is 42.5 Å². The summed E-state index contributed by atoms with van der Waals surface area (Å²) in [5.74, 6) is -0.826. The normalized spacial score (nSPS) is 15.4. The zero-order chi connectivity index (χ0) is 23.5. The van der Waals surface area contributed by atoms with E-state index < -0.39 is 26.0 Å². The van der Waals surface area contributed by atoms with E-state index in [0.29, 0.717) is 18.9 Å². The SMILES string of the molecule is O=C(NCCS(=O)(=O)Nc1ccn2nccc2c1)c1ccc(S(=O)(=O)N2CCOCC2)cc1. The Morgan fingerprint density at radius 3 is 2.48 bits per heavy atom. The first kappa shape index (κ1) is 23.2. The number of aromatic nitrogens is 2. The number of rotatable bonds is 8. The number of nitrogens with one attached hydrogen (secondary N) is 2. The van der Waals surface area contributed by atoms with Crippen LogP contribution in [0.3, 0.4) is 0 Å². The molecule has 176 valence electrons. The van der Waals surface area contributed by atoms with Crippen molar-refractivity contribution in [3.8, 4) is 0 Å². The van der Waals surface area contributed by atoms with Gasteiger partial charge in [-0.25, -0.2) is 21.4 Å². The summed E-state index contributed by atoms with van der Waals surface area (Å²) in [5, 5.41) is 6.59. The Kier molecular flexibility index (Phi) is 6.65. The quantitative estimate of drug-likeness (QED) is 0.467. The molecule has 0 unspecified atom stereocenters. The minimum Gasteiger partial charge on any atom is -0.379 e. The molecule has 1 fully saturated rings. The van der Waals surface area contributed by atoms with Crippen molar-refractivity contribution < 1.29 is 26.4 Å². The van der Waals surface area contributed by atoms with E-state index in [0.717, 1.165) is 5.52 Å². The highest BCUT2D eigenvalue weighted by molar-refractivity contribution is 7.92. The van der Waals surface area contributed by atoms with Crippen molar-refractivity contribution >= 4 is 37.2 Å². The average Bonchev–Trinajstić information content (AvgIpc) is 3.27. The standard InChI is InChI=1S/C20H23N5O6S2/c26-20(16-1-3-19(4-2-16)33(29,30)24-10-12-31-13-11-24)21-8-14-32(27,28)23-17-6-9-25-18(15-17)5-7-22-25/h1-7,9,15,23H,8,10-14H2,(H,21,26). The van der Waals surface area contributed by atoms with Crippen LogP contribution in [0.5, 0.6) is 0 Å². The summed E-state index contributed by atoms with van der Waals surface area (Å²) in [6.07, 6.45) is 3.24. The smallest absolute Gasteiger partial charge is 0.251 e. The van der Waals surface area contributed by atoms with Crippen LogP contribution in [0.4, 0.5) is 5.69 Å². The van der Waals surface area contributed by atoms with Gasteiger partial charge in [-0.15, -0.1) is 0 Å². The van der Waals surface area contributed by atoms with Gasteiger partial charge in [-0.1, -0.05) is 0 Å². The van der Waals surface area contributed by atoms with Gasteiger partial charge in [0, 0.05) is 37.6 Å². The molecule has 0 bridgehead atoms. The van der Waals surface area contributed by atoms with Crippen molar-refractivity contribution in [2.24, 2.45) is 0 Å². The number of anilines is 1. The number of pyridine rings is 1.